The zero-order valence-corrected chi connectivity index (χ0v) is 18.1. The van der Waals surface area contributed by atoms with Gasteiger partial charge in [-0.3, -0.25) is 0 Å². The second-order valence-electron chi connectivity index (χ2n) is 9.05. The number of hydrogen-bond acceptors (Lipinski definition) is 0. The van der Waals surface area contributed by atoms with Gasteiger partial charge in [0.2, 0.25) is 5.69 Å². The normalized spacial score (nSPS) is 14.6. The number of nitrogens with zero attached hydrogens (tertiary/aromatic N) is 1. The van der Waals surface area contributed by atoms with Crippen molar-refractivity contribution >= 4 is 10.8 Å². The number of pyridine rings is 1. The second-order valence-corrected chi connectivity index (χ2v) is 9.05. The highest BCUT2D eigenvalue weighted by Gasteiger charge is 2.36. The Morgan fingerprint density at radius 2 is 1.59 bits per heavy atom. The molecule has 1 aromatic heterocycles. The molecule has 144 valence electrons. The third kappa shape index (κ3) is 2.50. The number of fused-ring (bicyclic) bond motifs is 4. The molecule has 29 heavy (non-hydrogen) atoms. The number of aromatic nitrogens is 1. The minimum atomic E-state index is -0.0247. The minimum absolute atomic E-state index is 0.0247. The van der Waals surface area contributed by atoms with E-state index in [2.05, 4.69) is 93.9 Å². The van der Waals surface area contributed by atoms with Gasteiger partial charge in [0.05, 0.1) is 12.3 Å². The lowest BCUT2D eigenvalue weighted by molar-refractivity contribution is -0.665. The minimum Gasteiger partial charge on any atom is -0.198 e. The van der Waals surface area contributed by atoms with Crippen LogP contribution >= 0.6 is 0 Å². The fourth-order valence-corrected chi connectivity index (χ4v) is 5.03. The van der Waals surface area contributed by atoms with Crippen molar-refractivity contribution in [2.24, 2.45) is 7.05 Å². The summed E-state index contributed by atoms with van der Waals surface area (Å²) in [6, 6.07) is 20.6. The van der Waals surface area contributed by atoms with Crippen LogP contribution in [0.5, 0.6) is 0 Å². The summed E-state index contributed by atoms with van der Waals surface area (Å²) in [7, 11) is 2.09. The molecule has 0 bridgehead atoms. The van der Waals surface area contributed by atoms with Crippen molar-refractivity contribution in [3.8, 4) is 22.4 Å². The molecule has 1 aliphatic rings. The summed E-state index contributed by atoms with van der Waals surface area (Å²) in [5, 5.41) is 2.18. The monoisotopic (exact) mass is 379 g/mol. The van der Waals surface area contributed by atoms with E-state index in [0.29, 0.717) is 6.04 Å². The predicted octanol–water partition coefficient (Wildman–Crippen LogP) is 6.56. The predicted molar refractivity (Wildman–Crippen MR) is 122 cm³/mol. The highest BCUT2D eigenvalue weighted by molar-refractivity contribution is 5.95. The molecule has 5 rings (SSSR count). The van der Waals surface area contributed by atoms with Crippen molar-refractivity contribution in [3.05, 3.63) is 88.6 Å². The van der Waals surface area contributed by atoms with Crippen molar-refractivity contribution in [1.29, 1.82) is 0 Å². The third-order valence-electron chi connectivity index (χ3n) is 6.77. The van der Waals surface area contributed by atoms with E-state index >= 15 is 0 Å². The standard InChI is InChI=1S/C28H28N/c1-17-11-12-20-15-19(3)29(6)27(23(20)13-17)22-16-26-24(14-18(22)2)21-9-7-8-10-25(21)28(26,4)5/h7-16H,1-6H3/q+1/i15D. The molecule has 0 saturated carbocycles. The quantitative estimate of drug-likeness (QED) is 0.330. The molecule has 0 atom stereocenters. The highest BCUT2D eigenvalue weighted by atomic mass is 14.9. The van der Waals surface area contributed by atoms with E-state index in [1.54, 1.807) is 0 Å². The summed E-state index contributed by atoms with van der Waals surface area (Å²) >= 11 is 0. The molecule has 1 aliphatic carbocycles. The lowest BCUT2D eigenvalue weighted by Crippen LogP contribution is -2.35. The summed E-state index contributed by atoms with van der Waals surface area (Å²) in [4.78, 5) is 0. The van der Waals surface area contributed by atoms with Crippen LogP contribution < -0.4 is 4.57 Å². The Labute approximate surface area is 175 Å². The van der Waals surface area contributed by atoms with Gasteiger partial charge < -0.3 is 0 Å². The maximum absolute atomic E-state index is 8.67. The zero-order valence-electron chi connectivity index (χ0n) is 19.1. The average molecular weight is 380 g/mol. The van der Waals surface area contributed by atoms with Crippen molar-refractivity contribution in [1.82, 2.24) is 0 Å². The molecule has 0 amide bonds. The Morgan fingerprint density at radius 1 is 0.828 bits per heavy atom. The summed E-state index contributed by atoms with van der Waals surface area (Å²) in [5.74, 6) is 0. The van der Waals surface area contributed by atoms with Crippen LogP contribution in [-0.2, 0) is 12.5 Å². The van der Waals surface area contributed by atoms with Gasteiger partial charge in [0, 0.05) is 18.4 Å². The molecule has 4 aromatic rings. The van der Waals surface area contributed by atoms with Gasteiger partial charge in [0.25, 0.3) is 0 Å². The maximum Gasteiger partial charge on any atom is 0.220 e. The van der Waals surface area contributed by atoms with Crippen LogP contribution in [0.4, 0.5) is 0 Å². The zero-order chi connectivity index (χ0) is 21.4. The van der Waals surface area contributed by atoms with Crippen LogP contribution in [0.1, 0.15) is 43.2 Å². The molecule has 0 saturated heterocycles. The van der Waals surface area contributed by atoms with Crippen molar-refractivity contribution < 1.29 is 5.94 Å². The van der Waals surface area contributed by atoms with E-state index in [9.17, 15) is 0 Å². The lowest BCUT2D eigenvalue weighted by Gasteiger charge is -2.22. The molecular weight excluding hydrogens is 350 g/mol. The van der Waals surface area contributed by atoms with E-state index in [0.717, 1.165) is 16.5 Å². The van der Waals surface area contributed by atoms with E-state index in [1.807, 2.05) is 6.92 Å². The maximum atomic E-state index is 8.67. The first-order valence-corrected chi connectivity index (χ1v) is 10.4. The average Bonchev–Trinajstić information content (AvgIpc) is 2.93. The number of hydrogen-bond donors (Lipinski definition) is 0. The molecule has 1 heteroatoms. The molecule has 0 unspecified atom stereocenters. The van der Waals surface area contributed by atoms with Crippen molar-refractivity contribution in [2.45, 2.75) is 40.0 Å². The van der Waals surface area contributed by atoms with Gasteiger partial charge in [0.15, 0.2) is 5.69 Å². The molecular formula is C28H28N+. The van der Waals surface area contributed by atoms with Crippen LogP contribution in [0.3, 0.4) is 0 Å². The van der Waals surface area contributed by atoms with Gasteiger partial charge in [-0.2, -0.15) is 4.57 Å². The van der Waals surface area contributed by atoms with Crippen LogP contribution in [0, 0.1) is 20.8 Å². The Balaban J connectivity index is 1.88. The summed E-state index contributed by atoms with van der Waals surface area (Å²) in [5.41, 5.74) is 11.4. The Kier molecular flexibility index (Phi) is 3.53. The van der Waals surface area contributed by atoms with Gasteiger partial charge in [-0.15, -0.1) is 0 Å². The number of rotatable bonds is 1. The summed E-state index contributed by atoms with van der Waals surface area (Å²) in [6.07, 6.45) is 0. The van der Waals surface area contributed by atoms with Gasteiger partial charge >= 0.3 is 0 Å². The first kappa shape index (κ1) is 17.0. The first-order valence-electron chi connectivity index (χ1n) is 10.9. The van der Waals surface area contributed by atoms with Gasteiger partial charge in [0.1, 0.15) is 7.05 Å². The van der Waals surface area contributed by atoms with Crippen LogP contribution in [0.2, 0.25) is 0 Å². The van der Waals surface area contributed by atoms with Gasteiger partial charge in [-0.05, 0) is 59.2 Å². The molecule has 1 nitrogen and oxygen atoms in total. The largest absolute Gasteiger partial charge is 0.220 e. The topological polar surface area (TPSA) is 3.88 Å². The molecule has 3 aromatic carbocycles. The van der Waals surface area contributed by atoms with E-state index < -0.39 is 0 Å². The summed E-state index contributed by atoms with van der Waals surface area (Å²) < 4.78 is 10.9. The van der Waals surface area contributed by atoms with Crippen molar-refractivity contribution in [2.75, 3.05) is 0 Å². The molecule has 0 aliphatic heterocycles. The Morgan fingerprint density at radius 3 is 2.38 bits per heavy atom. The fraction of sp³-hybridized carbons (Fsp3) is 0.250. The molecule has 1 heterocycles. The second kappa shape index (κ2) is 6.03. The Hall–Kier alpha value is -2.93. The number of benzene rings is 3. The van der Waals surface area contributed by atoms with Crippen LogP contribution in [0.25, 0.3) is 33.2 Å². The van der Waals surface area contributed by atoms with Gasteiger partial charge in [-0.25, -0.2) is 0 Å². The first-order chi connectivity index (χ1) is 14.2. The Bertz CT molecular complexity index is 1360. The SMILES string of the molecule is [2H]c1c(C)[n+](C)c(-c2cc3c(cc2C)-c2ccccc2C3(C)C)c2cc(C)ccc12. The summed E-state index contributed by atoms with van der Waals surface area (Å²) in [6.45, 7) is 11.1. The highest BCUT2D eigenvalue weighted by Crippen LogP contribution is 2.50. The van der Waals surface area contributed by atoms with E-state index in [1.165, 1.54) is 44.6 Å². The van der Waals surface area contributed by atoms with Crippen LogP contribution in [-0.4, -0.2) is 0 Å². The smallest absolute Gasteiger partial charge is 0.198 e. The lowest BCUT2D eigenvalue weighted by atomic mass is 9.81. The van der Waals surface area contributed by atoms with Gasteiger partial charge in [-0.1, -0.05) is 61.9 Å². The van der Waals surface area contributed by atoms with Crippen molar-refractivity contribution in [3.63, 3.8) is 0 Å². The molecule has 0 N–H and O–H groups in total. The fourth-order valence-electron chi connectivity index (χ4n) is 5.03. The third-order valence-corrected chi connectivity index (χ3v) is 6.77. The van der Waals surface area contributed by atoms with E-state index in [4.69, 9.17) is 1.37 Å². The van der Waals surface area contributed by atoms with Crippen LogP contribution in [0.15, 0.2) is 60.6 Å². The molecule has 0 spiro atoms. The molecule has 0 radical (unpaired) electrons. The molecule has 0 fully saturated rings. The van der Waals surface area contributed by atoms with E-state index in [-0.39, 0.29) is 5.41 Å². The number of aryl methyl sites for hydroxylation is 2.